The van der Waals surface area contributed by atoms with E-state index in [-0.39, 0.29) is 5.91 Å². The van der Waals surface area contributed by atoms with Crippen molar-refractivity contribution in [1.29, 1.82) is 0 Å². The summed E-state index contributed by atoms with van der Waals surface area (Å²) in [4.78, 5) is 12.6. The first-order valence-corrected chi connectivity index (χ1v) is 11.5. The summed E-state index contributed by atoms with van der Waals surface area (Å²) in [6, 6.07) is 23.9. The highest BCUT2D eigenvalue weighted by molar-refractivity contribution is 7.98. The molecule has 0 aliphatic rings. The normalized spacial score (nSPS) is 10.7. The van der Waals surface area contributed by atoms with Crippen molar-refractivity contribution in [2.75, 3.05) is 12.3 Å². The predicted octanol–water partition coefficient (Wildman–Crippen LogP) is 6.44. The van der Waals surface area contributed by atoms with E-state index in [0.717, 1.165) is 41.0 Å². The lowest BCUT2D eigenvalue weighted by molar-refractivity contribution is 0.0955. The minimum Gasteiger partial charge on any atom is -0.351 e. The van der Waals surface area contributed by atoms with Crippen molar-refractivity contribution >= 4 is 40.9 Å². The van der Waals surface area contributed by atoms with Crippen molar-refractivity contribution in [2.24, 2.45) is 0 Å². The number of carbonyl (C=O) groups is 1. The van der Waals surface area contributed by atoms with E-state index in [2.05, 4.69) is 17.4 Å². The van der Waals surface area contributed by atoms with Crippen molar-refractivity contribution in [2.45, 2.75) is 18.6 Å². The van der Waals surface area contributed by atoms with Crippen molar-refractivity contribution in [3.8, 4) is 0 Å². The molecule has 0 fully saturated rings. The molecule has 0 atom stereocenters. The zero-order valence-electron chi connectivity index (χ0n) is 16.0. The Morgan fingerprint density at radius 1 is 0.828 bits per heavy atom. The van der Waals surface area contributed by atoms with Gasteiger partial charge in [-0.3, -0.25) is 4.79 Å². The lowest BCUT2D eigenvalue weighted by Crippen LogP contribution is -2.26. The van der Waals surface area contributed by atoms with Gasteiger partial charge < -0.3 is 5.32 Å². The number of benzene rings is 3. The van der Waals surface area contributed by atoms with Gasteiger partial charge in [-0.2, -0.15) is 11.8 Å². The summed E-state index contributed by atoms with van der Waals surface area (Å²) in [6.45, 7) is 0.623. The lowest BCUT2D eigenvalue weighted by atomic mass is 9.99. The summed E-state index contributed by atoms with van der Waals surface area (Å²) in [7, 11) is 0. The Hall–Kier alpha value is -1.94. The van der Waals surface area contributed by atoms with Crippen LogP contribution in [0.3, 0.4) is 0 Å². The largest absolute Gasteiger partial charge is 0.351 e. The number of hydrogen-bond donors (Lipinski definition) is 1. The topological polar surface area (TPSA) is 29.1 Å². The molecule has 3 rings (SSSR count). The summed E-state index contributed by atoms with van der Waals surface area (Å²) >= 11 is 13.7. The van der Waals surface area contributed by atoms with Gasteiger partial charge in [0, 0.05) is 23.6 Å². The molecule has 3 aromatic rings. The van der Waals surface area contributed by atoms with Gasteiger partial charge in [-0.15, -0.1) is 0 Å². The van der Waals surface area contributed by atoms with E-state index in [4.69, 9.17) is 23.2 Å². The molecule has 3 aromatic carbocycles. The fourth-order valence-corrected chi connectivity index (χ4v) is 4.16. The number of thioether (sulfide) groups is 1. The van der Waals surface area contributed by atoms with Crippen LogP contribution in [0.15, 0.2) is 72.8 Å². The third-order valence-corrected chi connectivity index (χ3v) is 6.34. The Balaban J connectivity index is 1.46. The van der Waals surface area contributed by atoms with Crippen LogP contribution in [-0.4, -0.2) is 18.2 Å². The van der Waals surface area contributed by atoms with E-state index >= 15 is 0 Å². The molecule has 1 N–H and O–H groups in total. The van der Waals surface area contributed by atoms with E-state index in [1.807, 2.05) is 60.7 Å². The second-order valence-corrected chi connectivity index (χ2v) is 8.62. The SMILES string of the molecule is O=C(NCCSCc1ccc(Cl)c(Cl)c1)c1ccccc1CCc1ccccc1. The van der Waals surface area contributed by atoms with Crippen molar-refractivity contribution in [1.82, 2.24) is 5.32 Å². The van der Waals surface area contributed by atoms with E-state index in [1.165, 1.54) is 5.56 Å². The van der Waals surface area contributed by atoms with Gasteiger partial charge in [0.2, 0.25) is 0 Å². The molecule has 0 radical (unpaired) electrons. The molecule has 0 heterocycles. The van der Waals surface area contributed by atoms with Gasteiger partial charge in [-0.25, -0.2) is 0 Å². The van der Waals surface area contributed by atoms with Crippen LogP contribution in [0.4, 0.5) is 0 Å². The van der Waals surface area contributed by atoms with Crippen molar-refractivity contribution < 1.29 is 4.79 Å². The lowest BCUT2D eigenvalue weighted by Gasteiger charge is -2.10. The second kappa shape index (κ2) is 11.3. The third kappa shape index (κ3) is 6.81. The average molecular weight is 444 g/mol. The molecule has 0 aliphatic carbocycles. The fraction of sp³-hybridized carbons (Fsp3) is 0.208. The first-order valence-electron chi connectivity index (χ1n) is 9.55. The molecule has 2 nitrogen and oxygen atoms in total. The summed E-state index contributed by atoms with van der Waals surface area (Å²) in [5.74, 6) is 1.65. The van der Waals surface area contributed by atoms with E-state index in [9.17, 15) is 4.79 Å². The molecular formula is C24H23Cl2NOS. The molecule has 29 heavy (non-hydrogen) atoms. The highest BCUT2D eigenvalue weighted by Gasteiger charge is 2.10. The molecule has 1 amide bonds. The molecule has 0 saturated carbocycles. The number of aryl methyl sites for hydroxylation is 2. The molecular weight excluding hydrogens is 421 g/mol. The van der Waals surface area contributed by atoms with Crippen LogP contribution in [-0.2, 0) is 18.6 Å². The zero-order chi connectivity index (χ0) is 20.5. The molecule has 0 saturated heterocycles. The molecule has 0 bridgehead atoms. The first kappa shape index (κ1) is 21.8. The third-order valence-electron chi connectivity index (χ3n) is 4.57. The monoisotopic (exact) mass is 443 g/mol. The van der Waals surface area contributed by atoms with Gasteiger partial charge >= 0.3 is 0 Å². The average Bonchev–Trinajstić information content (AvgIpc) is 2.75. The highest BCUT2D eigenvalue weighted by atomic mass is 35.5. The quantitative estimate of drug-likeness (QED) is 0.385. The maximum atomic E-state index is 12.6. The number of amides is 1. The van der Waals surface area contributed by atoms with Gasteiger partial charge in [0.25, 0.3) is 5.91 Å². The second-order valence-electron chi connectivity index (χ2n) is 6.70. The molecule has 150 valence electrons. The number of rotatable bonds is 9. The highest BCUT2D eigenvalue weighted by Crippen LogP contribution is 2.24. The summed E-state index contributed by atoms with van der Waals surface area (Å²) in [6.07, 6.45) is 1.77. The first-order chi connectivity index (χ1) is 14.1. The predicted molar refractivity (Wildman–Crippen MR) is 125 cm³/mol. The minimum atomic E-state index is -0.0104. The Morgan fingerprint density at radius 3 is 2.38 bits per heavy atom. The van der Waals surface area contributed by atoms with Crippen LogP contribution < -0.4 is 5.32 Å². The Bertz CT molecular complexity index is 947. The van der Waals surface area contributed by atoms with Crippen molar-refractivity contribution in [3.63, 3.8) is 0 Å². The van der Waals surface area contributed by atoms with Gasteiger partial charge in [-0.05, 0) is 47.7 Å². The van der Waals surface area contributed by atoms with Crippen LogP contribution in [0.1, 0.15) is 27.0 Å². The summed E-state index contributed by atoms with van der Waals surface area (Å²) in [5.41, 5.74) is 4.25. The van der Waals surface area contributed by atoms with Gasteiger partial charge in [0.1, 0.15) is 0 Å². The maximum Gasteiger partial charge on any atom is 0.251 e. The number of nitrogens with one attached hydrogen (secondary N) is 1. The number of carbonyl (C=O) groups excluding carboxylic acids is 1. The summed E-state index contributed by atoms with van der Waals surface area (Å²) < 4.78 is 0. The van der Waals surface area contributed by atoms with Crippen LogP contribution >= 0.6 is 35.0 Å². The molecule has 5 heteroatoms. The van der Waals surface area contributed by atoms with E-state index in [0.29, 0.717) is 16.6 Å². The molecule has 0 unspecified atom stereocenters. The Morgan fingerprint density at radius 2 is 1.59 bits per heavy atom. The summed E-state index contributed by atoms with van der Waals surface area (Å²) in [5, 5.41) is 4.18. The Labute approximate surface area is 186 Å². The Kier molecular flexibility index (Phi) is 8.48. The molecule has 0 spiro atoms. The van der Waals surface area contributed by atoms with Crippen LogP contribution in [0, 0.1) is 0 Å². The zero-order valence-corrected chi connectivity index (χ0v) is 18.4. The number of halogens is 2. The van der Waals surface area contributed by atoms with Crippen LogP contribution in [0.5, 0.6) is 0 Å². The van der Waals surface area contributed by atoms with Crippen molar-refractivity contribution in [3.05, 3.63) is 105 Å². The van der Waals surface area contributed by atoms with Gasteiger partial charge in [-0.1, -0.05) is 77.8 Å². The van der Waals surface area contributed by atoms with Crippen LogP contribution in [0.2, 0.25) is 10.0 Å². The van der Waals surface area contributed by atoms with Gasteiger partial charge in [0.15, 0.2) is 0 Å². The van der Waals surface area contributed by atoms with E-state index in [1.54, 1.807) is 11.8 Å². The minimum absolute atomic E-state index is 0.0104. The smallest absolute Gasteiger partial charge is 0.251 e. The molecule has 0 aliphatic heterocycles. The van der Waals surface area contributed by atoms with Crippen LogP contribution in [0.25, 0.3) is 0 Å². The van der Waals surface area contributed by atoms with Gasteiger partial charge in [0.05, 0.1) is 10.0 Å². The maximum absolute atomic E-state index is 12.6. The molecule has 0 aromatic heterocycles. The fourth-order valence-electron chi connectivity index (χ4n) is 3.03. The van der Waals surface area contributed by atoms with E-state index < -0.39 is 0 Å². The number of hydrogen-bond acceptors (Lipinski definition) is 2. The standard InChI is InChI=1S/C24H23Cl2NOS/c25-22-13-11-19(16-23(22)26)17-29-15-14-27-24(28)21-9-5-4-8-20(21)12-10-18-6-2-1-3-7-18/h1-9,11,13,16H,10,12,14-15,17H2,(H,27,28).